The fourth-order valence-corrected chi connectivity index (χ4v) is 3.73. The van der Waals surface area contributed by atoms with Gasteiger partial charge < -0.3 is 14.1 Å². The van der Waals surface area contributed by atoms with Crippen LogP contribution in [0.5, 0.6) is 0 Å². The van der Waals surface area contributed by atoms with Gasteiger partial charge in [-0.05, 0) is 36.2 Å². The Morgan fingerprint density at radius 1 is 1.27 bits per heavy atom. The number of oxazole rings is 1. The maximum Gasteiger partial charge on any atom is 0.337 e. The highest BCUT2D eigenvalue weighted by Crippen LogP contribution is 2.29. The van der Waals surface area contributed by atoms with E-state index in [1.807, 2.05) is 18.2 Å². The van der Waals surface area contributed by atoms with E-state index in [0.717, 1.165) is 12.1 Å². The summed E-state index contributed by atoms with van der Waals surface area (Å²) < 4.78 is 10.4. The van der Waals surface area contributed by atoms with Crippen molar-refractivity contribution in [2.45, 2.75) is 11.6 Å². The van der Waals surface area contributed by atoms with Crippen molar-refractivity contribution in [3.63, 3.8) is 0 Å². The third kappa shape index (κ3) is 3.06. The monoisotopic (exact) mass is 368 g/mol. The first kappa shape index (κ1) is 16.7. The molecule has 2 aromatic carbocycles. The quantitative estimate of drug-likeness (QED) is 0.520. The van der Waals surface area contributed by atoms with Crippen LogP contribution in [0.2, 0.25) is 0 Å². The topological polar surface area (TPSA) is 72.6 Å². The molecule has 6 nitrogen and oxygen atoms in total. The summed E-state index contributed by atoms with van der Waals surface area (Å²) in [6.07, 6.45) is 0.881. The zero-order valence-corrected chi connectivity index (χ0v) is 14.9. The fourth-order valence-electron chi connectivity index (χ4n) is 3.01. The number of hydrogen-bond donors (Lipinski definition) is 0. The van der Waals surface area contributed by atoms with E-state index in [1.54, 1.807) is 23.1 Å². The van der Waals surface area contributed by atoms with Gasteiger partial charge in [0.2, 0.25) is 5.91 Å². The number of esters is 1. The van der Waals surface area contributed by atoms with Gasteiger partial charge in [0.25, 0.3) is 5.22 Å². The highest BCUT2D eigenvalue weighted by atomic mass is 32.2. The lowest BCUT2D eigenvalue weighted by atomic mass is 10.2. The number of rotatable bonds is 4. The van der Waals surface area contributed by atoms with Gasteiger partial charge in [0.05, 0.1) is 18.4 Å². The molecule has 1 aliphatic rings. The van der Waals surface area contributed by atoms with Crippen molar-refractivity contribution in [1.29, 1.82) is 0 Å². The number of methoxy groups -OCH3 is 1. The molecule has 0 fully saturated rings. The minimum absolute atomic E-state index is 0.0254. The predicted molar refractivity (Wildman–Crippen MR) is 98.6 cm³/mol. The van der Waals surface area contributed by atoms with Crippen LogP contribution in [0.1, 0.15) is 15.9 Å². The molecule has 0 atom stereocenters. The second-order valence-electron chi connectivity index (χ2n) is 5.87. The standard InChI is InChI=1S/C19H16N2O4S/c1-24-18(23)13-6-7-16-14(10-13)20-19(25-16)26-11-17(22)21-9-8-12-4-2-3-5-15(12)21/h2-7,10H,8-9,11H2,1H3. The van der Waals surface area contributed by atoms with Crippen LogP contribution in [-0.4, -0.2) is 36.3 Å². The van der Waals surface area contributed by atoms with E-state index in [9.17, 15) is 9.59 Å². The lowest BCUT2D eigenvalue weighted by molar-refractivity contribution is -0.116. The smallest absolute Gasteiger partial charge is 0.337 e. The second kappa shape index (κ2) is 6.84. The number of carbonyl (C=O) groups excluding carboxylic acids is 2. The summed E-state index contributed by atoms with van der Waals surface area (Å²) in [5, 5.41) is 0.405. The molecule has 0 unspecified atom stereocenters. The Kier molecular flexibility index (Phi) is 4.38. The van der Waals surface area contributed by atoms with Gasteiger partial charge in [-0.1, -0.05) is 30.0 Å². The molecule has 0 spiro atoms. The van der Waals surface area contributed by atoms with Crippen LogP contribution in [0.3, 0.4) is 0 Å². The Balaban J connectivity index is 1.46. The summed E-state index contributed by atoms with van der Waals surface area (Å²) in [5.74, 6) is -0.158. The molecule has 1 amide bonds. The van der Waals surface area contributed by atoms with Gasteiger partial charge in [-0.3, -0.25) is 4.79 Å². The molecular weight excluding hydrogens is 352 g/mol. The second-order valence-corrected chi connectivity index (χ2v) is 6.79. The van der Waals surface area contributed by atoms with Crippen molar-refractivity contribution in [1.82, 2.24) is 4.98 Å². The van der Waals surface area contributed by atoms with Crippen LogP contribution < -0.4 is 4.90 Å². The van der Waals surface area contributed by atoms with Crippen LogP contribution in [0.4, 0.5) is 5.69 Å². The number of ether oxygens (including phenoxy) is 1. The first-order valence-corrected chi connectivity index (χ1v) is 9.14. The average Bonchev–Trinajstić information content (AvgIpc) is 3.28. The van der Waals surface area contributed by atoms with Crippen molar-refractivity contribution < 1.29 is 18.7 Å². The Hall–Kier alpha value is -2.80. The van der Waals surface area contributed by atoms with E-state index in [1.165, 1.54) is 24.4 Å². The molecule has 0 N–H and O–H groups in total. The molecule has 132 valence electrons. The van der Waals surface area contributed by atoms with Crippen molar-refractivity contribution >= 4 is 40.4 Å². The first-order valence-electron chi connectivity index (χ1n) is 8.15. The molecule has 26 heavy (non-hydrogen) atoms. The SMILES string of the molecule is COC(=O)c1ccc2oc(SCC(=O)N3CCc4ccccc43)nc2c1. The molecule has 0 saturated heterocycles. The van der Waals surface area contributed by atoms with E-state index in [0.29, 0.717) is 28.4 Å². The number of nitrogens with zero attached hydrogens (tertiary/aromatic N) is 2. The van der Waals surface area contributed by atoms with Gasteiger partial charge in [0.15, 0.2) is 5.58 Å². The third-order valence-corrected chi connectivity index (χ3v) is 5.11. The Morgan fingerprint density at radius 3 is 2.96 bits per heavy atom. The molecule has 2 heterocycles. The van der Waals surface area contributed by atoms with Crippen LogP contribution in [0, 0.1) is 0 Å². The molecule has 4 rings (SSSR count). The lowest BCUT2D eigenvalue weighted by Crippen LogP contribution is -2.30. The van der Waals surface area contributed by atoms with E-state index in [-0.39, 0.29) is 11.7 Å². The van der Waals surface area contributed by atoms with E-state index in [2.05, 4.69) is 11.1 Å². The zero-order valence-electron chi connectivity index (χ0n) is 14.1. The van der Waals surface area contributed by atoms with Crippen molar-refractivity contribution in [2.75, 3.05) is 24.3 Å². The van der Waals surface area contributed by atoms with Gasteiger partial charge in [0, 0.05) is 12.2 Å². The summed E-state index contributed by atoms with van der Waals surface area (Å²) in [6, 6.07) is 12.9. The first-order chi connectivity index (χ1) is 12.7. The van der Waals surface area contributed by atoms with Gasteiger partial charge in [-0.2, -0.15) is 0 Å². The Bertz CT molecular complexity index is 998. The fraction of sp³-hybridized carbons (Fsp3) is 0.211. The number of carbonyl (C=O) groups is 2. The van der Waals surface area contributed by atoms with Crippen LogP contribution in [-0.2, 0) is 16.0 Å². The number of hydrogen-bond acceptors (Lipinski definition) is 6. The van der Waals surface area contributed by atoms with Gasteiger partial charge in [-0.25, -0.2) is 9.78 Å². The summed E-state index contributed by atoms with van der Waals surface area (Å²) >= 11 is 1.25. The number of amides is 1. The van der Waals surface area contributed by atoms with Crippen LogP contribution >= 0.6 is 11.8 Å². The van der Waals surface area contributed by atoms with E-state index >= 15 is 0 Å². The summed E-state index contributed by atoms with van der Waals surface area (Å²) in [6.45, 7) is 0.703. The molecule has 0 saturated carbocycles. The number of benzene rings is 2. The number of thioether (sulfide) groups is 1. The average molecular weight is 368 g/mol. The Morgan fingerprint density at radius 2 is 2.12 bits per heavy atom. The normalized spacial score (nSPS) is 13.0. The number of para-hydroxylation sites is 1. The van der Waals surface area contributed by atoms with Crippen molar-refractivity contribution in [3.8, 4) is 0 Å². The number of aromatic nitrogens is 1. The van der Waals surface area contributed by atoms with E-state index in [4.69, 9.17) is 9.15 Å². The van der Waals surface area contributed by atoms with Gasteiger partial charge in [0.1, 0.15) is 5.52 Å². The predicted octanol–water partition coefficient (Wildman–Crippen LogP) is 3.30. The molecule has 0 radical (unpaired) electrons. The molecule has 0 bridgehead atoms. The number of anilines is 1. The van der Waals surface area contributed by atoms with E-state index < -0.39 is 5.97 Å². The molecule has 0 aliphatic carbocycles. The van der Waals surface area contributed by atoms with Crippen LogP contribution in [0.25, 0.3) is 11.1 Å². The summed E-state index contributed by atoms with van der Waals surface area (Å²) in [4.78, 5) is 30.3. The molecule has 3 aromatic rings. The summed E-state index contributed by atoms with van der Waals surface area (Å²) in [5.41, 5.74) is 3.73. The molecule has 1 aromatic heterocycles. The zero-order chi connectivity index (χ0) is 18.1. The van der Waals surface area contributed by atoms with Crippen LogP contribution in [0.15, 0.2) is 52.1 Å². The maximum atomic E-state index is 12.6. The van der Waals surface area contributed by atoms with Crippen molar-refractivity contribution in [2.24, 2.45) is 0 Å². The maximum absolute atomic E-state index is 12.6. The van der Waals surface area contributed by atoms with Gasteiger partial charge in [-0.15, -0.1) is 0 Å². The molecular formula is C19H16N2O4S. The highest BCUT2D eigenvalue weighted by molar-refractivity contribution is 7.99. The minimum Gasteiger partial charge on any atom is -0.465 e. The van der Waals surface area contributed by atoms with Crippen molar-refractivity contribution in [3.05, 3.63) is 53.6 Å². The van der Waals surface area contributed by atoms with Gasteiger partial charge >= 0.3 is 5.97 Å². The minimum atomic E-state index is -0.424. The molecule has 1 aliphatic heterocycles. The lowest BCUT2D eigenvalue weighted by Gasteiger charge is -2.16. The summed E-state index contributed by atoms with van der Waals surface area (Å²) in [7, 11) is 1.33. The molecule has 7 heteroatoms. The third-order valence-electron chi connectivity index (χ3n) is 4.30. The highest BCUT2D eigenvalue weighted by Gasteiger charge is 2.24. The number of fused-ring (bicyclic) bond motifs is 2. The Labute approximate surface area is 154 Å². The largest absolute Gasteiger partial charge is 0.465 e.